The van der Waals surface area contributed by atoms with E-state index in [1.54, 1.807) is 39.2 Å². The fourth-order valence-electron chi connectivity index (χ4n) is 5.11. The highest BCUT2D eigenvalue weighted by Crippen LogP contribution is 2.40. The van der Waals surface area contributed by atoms with Crippen LogP contribution in [0.1, 0.15) is 69.9 Å². The lowest BCUT2D eigenvalue weighted by Gasteiger charge is -2.28. The zero-order valence-corrected chi connectivity index (χ0v) is 28.0. The number of nitrogens with zero attached hydrogens (tertiary/aromatic N) is 2. The minimum absolute atomic E-state index is 0.0176. The first-order valence-corrected chi connectivity index (χ1v) is 17.4. The minimum atomic E-state index is -4.13. The number of sulfonamides is 1. The average Bonchev–Trinajstić information content (AvgIpc) is 3.49. The quantitative estimate of drug-likeness (QED) is 0.217. The lowest BCUT2D eigenvalue weighted by atomic mass is 9.86. The molecule has 3 aromatic rings. The molecule has 2 aromatic carbocycles. The zero-order valence-electron chi connectivity index (χ0n) is 26.4. The molecule has 1 heterocycles. The highest BCUT2D eigenvalue weighted by atomic mass is 32.2. The molecule has 0 atom stereocenters. The molecule has 4 N–H and O–H groups in total. The van der Waals surface area contributed by atoms with Crippen molar-refractivity contribution in [3.05, 3.63) is 65.3 Å². The first kappa shape index (κ1) is 34.4. The molecule has 13 heteroatoms. The molecule has 1 aliphatic carbocycles. The summed E-state index contributed by atoms with van der Waals surface area (Å²) in [7, 11) is -2.55. The number of ether oxygens (including phenoxy) is 1. The van der Waals surface area contributed by atoms with Crippen LogP contribution in [0.5, 0.6) is 0 Å². The third-order valence-electron chi connectivity index (χ3n) is 7.57. The Balaban J connectivity index is 1.56. The van der Waals surface area contributed by atoms with Crippen molar-refractivity contribution < 1.29 is 27.9 Å². The summed E-state index contributed by atoms with van der Waals surface area (Å²) in [5, 5.41) is 16.5. The predicted molar refractivity (Wildman–Crippen MR) is 176 cm³/mol. The molecule has 1 aromatic heterocycles. The van der Waals surface area contributed by atoms with Crippen LogP contribution in [-0.2, 0) is 21.3 Å². The van der Waals surface area contributed by atoms with E-state index in [0.717, 1.165) is 36.3 Å². The molecule has 3 amide bonds. The van der Waals surface area contributed by atoms with Crippen LogP contribution in [0.2, 0.25) is 0 Å². The third-order valence-corrected chi connectivity index (χ3v) is 10.5. The lowest BCUT2D eigenvalue weighted by molar-refractivity contribution is 0.109. The molecule has 1 saturated carbocycles. The molecular formula is C32H43N5O6S2. The van der Waals surface area contributed by atoms with E-state index in [-0.39, 0.29) is 29.0 Å². The maximum atomic E-state index is 13.8. The summed E-state index contributed by atoms with van der Waals surface area (Å²) in [6, 6.07) is 14.0. The molecule has 1 aliphatic rings. The van der Waals surface area contributed by atoms with Crippen LogP contribution in [0.15, 0.2) is 59.6 Å². The van der Waals surface area contributed by atoms with Crippen molar-refractivity contribution in [3.63, 3.8) is 0 Å². The second kappa shape index (κ2) is 14.7. The van der Waals surface area contributed by atoms with Gasteiger partial charge in [-0.2, -0.15) is 0 Å². The van der Waals surface area contributed by atoms with Gasteiger partial charge in [0.2, 0.25) is 10.0 Å². The van der Waals surface area contributed by atoms with Gasteiger partial charge in [0.05, 0.1) is 33.0 Å². The van der Waals surface area contributed by atoms with Crippen molar-refractivity contribution in [2.75, 3.05) is 18.6 Å². The number of aliphatic hydroxyl groups is 1. The van der Waals surface area contributed by atoms with Gasteiger partial charge in [-0.05, 0) is 71.1 Å². The second-order valence-corrected chi connectivity index (χ2v) is 15.0. The monoisotopic (exact) mass is 657 g/mol. The van der Waals surface area contributed by atoms with Crippen molar-refractivity contribution in [1.82, 2.24) is 20.3 Å². The van der Waals surface area contributed by atoms with Gasteiger partial charge < -0.3 is 20.5 Å². The molecule has 0 aliphatic heterocycles. The number of aliphatic hydroxyl groups excluding tert-OH is 1. The van der Waals surface area contributed by atoms with E-state index >= 15 is 0 Å². The topological polar surface area (TPSA) is 150 Å². The van der Waals surface area contributed by atoms with Gasteiger partial charge >= 0.3 is 12.1 Å². The number of carbonyl (C=O) groups excluding carboxylic acids is 2. The lowest BCUT2D eigenvalue weighted by Crippen LogP contribution is -2.46. The van der Waals surface area contributed by atoms with Gasteiger partial charge in [0, 0.05) is 43.0 Å². The third kappa shape index (κ3) is 9.25. The summed E-state index contributed by atoms with van der Waals surface area (Å²) in [5.41, 5.74) is 0.664. The van der Waals surface area contributed by atoms with Crippen molar-refractivity contribution in [2.45, 2.75) is 88.4 Å². The second-order valence-electron chi connectivity index (χ2n) is 12.2. The van der Waals surface area contributed by atoms with Crippen LogP contribution in [0, 0.1) is 0 Å². The fourth-order valence-corrected chi connectivity index (χ4v) is 7.94. The Hall–Kier alpha value is -3.52. The number of benzene rings is 2. The number of carbonyl (C=O) groups is 2. The molecule has 0 radical (unpaired) electrons. The van der Waals surface area contributed by atoms with E-state index in [4.69, 9.17) is 4.74 Å². The summed E-state index contributed by atoms with van der Waals surface area (Å²) < 4.78 is 35.3. The van der Waals surface area contributed by atoms with Gasteiger partial charge in [0.1, 0.15) is 0 Å². The van der Waals surface area contributed by atoms with Crippen LogP contribution in [-0.4, -0.2) is 62.0 Å². The van der Waals surface area contributed by atoms with Gasteiger partial charge in [-0.3, -0.25) is 4.90 Å². The number of aromatic nitrogens is 1. The van der Waals surface area contributed by atoms with E-state index in [0.29, 0.717) is 22.7 Å². The van der Waals surface area contributed by atoms with E-state index in [1.165, 1.54) is 22.3 Å². The number of nitrogens with one attached hydrogen (secondary N) is 3. The standard InChI is InChI=1S/C32H43N5O6S2/c1-21(2)43-31(40)35-24-13-11-23(12-14-24)29-33-19-27(44-29)26-16-15-25(17-28(26)45(41,42)36-32(3,4)20-38)37(5)30(39)34-18-22-9-7-6-8-10-22/h6-10,15-17,19,21,23-24,36,38H,11-14,18,20H2,1-5H3,(H,34,39)(H,35,40). The number of thiazole rings is 1. The summed E-state index contributed by atoms with van der Waals surface area (Å²) >= 11 is 1.44. The number of anilines is 1. The van der Waals surface area contributed by atoms with Gasteiger partial charge in [-0.25, -0.2) is 27.7 Å². The Bertz CT molecular complexity index is 1570. The van der Waals surface area contributed by atoms with E-state index in [1.807, 2.05) is 44.2 Å². The fraction of sp³-hybridized carbons (Fsp3) is 0.469. The highest BCUT2D eigenvalue weighted by molar-refractivity contribution is 7.89. The number of amides is 3. The predicted octanol–water partition coefficient (Wildman–Crippen LogP) is 5.37. The van der Waals surface area contributed by atoms with Gasteiger partial charge in [-0.1, -0.05) is 36.4 Å². The minimum Gasteiger partial charge on any atom is -0.447 e. The van der Waals surface area contributed by atoms with Crippen LogP contribution >= 0.6 is 11.3 Å². The Morgan fingerprint density at radius 2 is 1.80 bits per heavy atom. The number of alkyl carbamates (subject to hydrolysis) is 1. The smallest absolute Gasteiger partial charge is 0.407 e. The van der Waals surface area contributed by atoms with E-state index in [2.05, 4.69) is 20.3 Å². The Morgan fingerprint density at radius 3 is 2.44 bits per heavy atom. The molecule has 11 nitrogen and oxygen atoms in total. The van der Waals surface area contributed by atoms with Crippen molar-refractivity contribution in [3.8, 4) is 10.4 Å². The summed E-state index contributed by atoms with van der Waals surface area (Å²) in [4.78, 5) is 31.7. The largest absolute Gasteiger partial charge is 0.447 e. The Labute approximate surface area is 269 Å². The van der Waals surface area contributed by atoms with Gasteiger partial charge in [0.25, 0.3) is 0 Å². The van der Waals surface area contributed by atoms with Crippen LogP contribution in [0.4, 0.5) is 15.3 Å². The molecule has 45 heavy (non-hydrogen) atoms. The van der Waals surface area contributed by atoms with Gasteiger partial charge in [-0.15, -0.1) is 11.3 Å². The van der Waals surface area contributed by atoms with Crippen LogP contribution < -0.4 is 20.3 Å². The number of rotatable bonds is 11. The zero-order chi connectivity index (χ0) is 32.8. The SMILES string of the molecule is CC(C)OC(=O)NC1CCC(c2ncc(-c3ccc(N(C)C(=O)NCc4ccccc4)cc3S(=O)(=O)NC(C)(C)CO)s2)CC1. The molecular weight excluding hydrogens is 615 g/mol. The van der Waals surface area contributed by atoms with Gasteiger partial charge in [0.15, 0.2) is 0 Å². The maximum Gasteiger partial charge on any atom is 0.407 e. The van der Waals surface area contributed by atoms with Crippen molar-refractivity contribution >= 4 is 39.2 Å². The first-order valence-electron chi connectivity index (χ1n) is 15.1. The molecule has 244 valence electrons. The molecule has 0 saturated heterocycles. The molecule has 0 unspecified atom stereocenters. The Morgan fingerprint density at radius 1 is 1.11 bits per heavy atom. The van der Waals surface area contributed by atoms with Crippen LogP contribution in [0.25, 0.3) is 10.4 Å². The molecule has 0 bridgehead atoms. The number of hydrogen-bond donors (Lipinski definition) is 4. The maximum absolute atomic E-state index is 13.8. The molecule has 1 fully saturated rings. The molecule has 4 rings (SSSR count). The van der Waals surface area contributed by atoms with E-state index in [9.17, 15) is 23.1 Å². The summed E-state index contributed by atoms with van der Waals surface area (Å²) in [6.07, 6.45) is 4.35. The number of hydrogen-bond acceptors (Lipinski definition) is 8. The van der Waals surface area contributed by atoms with E-state index < -0.39 is 28.3 Å². The summed E-state index contributed by atoms with van der Waals surface area (Å²) in [6.45, 7) is 6.73. The van der Waals surface area contributed by atoms with Crippen molar-refractivity contribution in [1.29, 1.82) is 0 Å². The van der Waals surface area contributed by atoms with Crippen molar-refractivity contribution in [2.24, 2.45) is 0 Å². The molecule has 0 spiro atoms. The Kier molecular flexibility index (Phi) is 11.2. The summed E-state index contributed by atoms with van der Waals surface area (Å²) in [5.74, 6) is 0.188. The van der Waals surface area contributed by atoms with Crippen LogP contribution in [0.3, 0.4) is 0 Å². The average molecular weight is 658 g/mol. The first-order chi connectivity index (χ1) is 21.3. The number of urea groups is 1. The highest BCUT2D eigenvalue weighted by Gasteiger charge is 2.31. The normalized spacial score (nSPS) is 17.1.